The van der Waals surface area contributed by atoms with E-state index in [1.54, 1.807) is 0 Å². The number of carbonyl (C=O) groups is 1. The number of piperidine rings is 1. The Morgan fingerprint density at radius 1 is 1.62 bits per heavy atom. The second-order valence-corrected chi connectivity index (χ2v) is 4.27. The number of amides is 1. The Labute approximate surface area is 80.3 Å². The van der Waals surface area contributed by atoms with Gasteiger partial charge in [0.15, 0.2) is 0 Å². The first kappa shape index (κ1) is 10.5. The largest absolute Gasteiger partial charge is 0.370 e. The second kappa shape index (κ2) is 4.61. The molecule has 1 heterocycles. The van der Waals surface area contributed by atoms with Gasteiger partial charge in [-0.2, -0.15) is 0 Å². The van der Waals surface area contributed by atoms with Gasteiger partial charge >= 0.3 is 0 Å². The van der Waals surface area contributed by atoms with Gasteiger partial charge in [-0.05, 0) is 39.2 Å². The summed E-state index contributed by atoms with van der Waals surface area (Å²) in [7, 11) is 0. The first-order valence-electron chi connectivity index (χ1n) is 5.12. The summed E-state index contributed by atoms with van der Waals surface area (Å²) < 4.78 is 0. The maximum Gasteiger partial charge on any atom is 0.217 e. The molecule has 0 aromatic carbocycles. The molecule has 0 unspecified atom stereocenters. The summed E-state index contributed by atoms with van der Waals surface area (Å²) in [4.78, 5) is 13.2. The highest BCUT2D eigenvalue weighted by Crippen LogP contribution is 2.20. The molecule has 1 atom stereocenters. The Morgan fingerprint density at radius 2 is 2.31 bits per heavy atom. The van der Waals surface area contributed by atoms with Crippen molar-refractivity contribution < 1.29 is 4.79 Å². The van der Waals surface area contributed by atoms with Crippen molar-refractivity contribution in [1.29, 1.82) is 0 Å². The number of primary amides is 1. The van der Waals surface area contributed by atoms with E-state index in [4.69, 9.17) is 5.73 Å². The van der Waals surface area contributed by atoms with Crippen molar-refractivity contribution in [1.82, 2.24) is 4.90 Å². The molecule has 2 N–H and O–H groups in total. The van der Waals surface area contributed by atoms with Crippen LogP contribution in [0.3, 0.4) is 0 Å². The number of rotatable bonds is 3. The molecule has 1 amide bonds. The maximum absolute atomic E-state index is 10.7. The Kier molecular flexibility index (Phi) is 3.72. The fourth-order valence-electron chi connectivity index (χ4n) is 2.02. The van der Waals surface area contributed by atoms with Gasteiger partial charge in [0.05, 0.1) is 0 Å². The number of likely N-dealkylation sites (tertiary alicyclic amines) is 1. The van der Waals surface area contributed by atoms with Crippen LogP contribution in [0.2, 0.25) is 0 Å². The van der Waals surface area contributed by atoms with Crippen LogP contribution in [-0.2, 0) is 4.79 Å². The summed E-state index contributed by atoms with van der Waals surface area (Å²) in [5.41, 5.74) is 5.19. The highest BCUT2D eigenvalue weighted by molar-refractivity contribution is 5.74. The topological polar surface area (TPSA) is 46.3 Å². The summed E-state index contributed by atoms with van der Waals surface area (Å²) >= 11 is 0. The standard InChI is InChI=1S/C10H20N2O/c1-8(2)12-5-3-4-9(7-12)6-10(11)13/h8-9H,3-7H2,1-2H3,(H2,11,13)/t9-/m0/s1. The van der Waals surface area contributed by atoms with Gasteiger partial charge in [-0.3, -0.25) is 4.79 Å². The zero-order valence-electron chi connectivity index (χ0n) is 8.62. The van der Waals surface area contributed by atoms with Crippen molar-refractivity contribution in [2.75, 3.05) is 13.1 Å². The van der Waals surface area contributed by atoms with Gasteiger partial charge in [0, 0.05) is 19.0 Å². The van der Waals surface area contributed by atoms with Crippen molar-refractivity contribution >= 4 is 5.91 Å². The van der Waals surface area contributed by atoms with Gasteiger partial charge < -0.3 is 10.6 Å². The van der Waals surface area contributed by atoms with E-state index in [0.29, 0.717) is 18.4 Å². The average molecular weight is 184 g/mol. The van der Waals surface area contributed by atoms with E-state index in [9.17, 15) is 4.79 Å². The van der Waals surface area contributed by atoms with Crippen molar-refractivity contribution in [2.24, 2.45) is 11.7 Å². The molecule has 0 radical (unpaired) electrons. The average Bonchev–Trinajstić information content (AvgIpc) is 2.03. The minimum absolute atomic E-state index is 0.157. The SMILES string of the molecule is CC(C)N1CCC[C@@H](CC(N)=O)C1. The van der Waals surface area contributed by atoms with Crippen LogP contribution in [0.5, 0.6) is 0 Å². The summed E-state index contributed by atoms with van der Waals surface area (Å²) in [6.45, 7) is 6.62. The highest BCUT2D eigenvalue weighted by Gasteiger charge is 2.22. The van der Waals surface area contributed by atoms with Crippen LogP contribution in [0.25, 0.3) is 0 Å². The smallest absolute Gasteiger partial charge is 0.217 e. The lowest BCUT2D eigenvalue weighted by atomic mass is 9.94. The van der Waals surface area contributed by atoms with Crippen LogP contribution in [0, 0.1) is 5.92 Å². The zero-order chi connectivity index (χ0) is 9.84. The van der Waals surface area contributed by atoms with Crippen LogP contribution < -0.4 is 5.73 Å². The van der Waals surface area contributed by atoms with Crippen LogP contribution in [0.1, 0.15) is 33.1 Å². The van der Waals surface area contributed by atoms with Crippen molar-refractivity contribution in [2.45, 2.75) is 39.2 Å². The molecule has 1 aliphatic heterocycles. The third-order valence-electron chi connectivity index (χ3n) is 2.77. The van der Waals surface area contributed by atoms with Gasteiger partial charge in [0.2, 0.25) is 5.91 Å². The van der Waals surface area contributed by atoms with Gasteiger partial charge in [-0.15, -0.1) is 0 Å². The predicted octanol–water partition coefficient (Wildman–Crippen LogP) is 0.982. The lowest BCUT2D eigenvalue weighted by Gasteiger charge is -2.34. The fourth-order valence-corrected chi connectivity index (χ4v) is 2.02. The Morgan fingerprint density at radius 3 is 2.85 bits per heavy atom. The Balaban J connectivity index is 2.37. The number of carbonyl (C=O) groups excluding carboxylic acids is 1. The van der Waals surface area contributed by atoms with Gasteiger partial charge in [-0.1, -0.05) is 0 Å². The summed E-state index contributed by atoms with van der Waals surface area (Å²) in [6.07, 6.45) is 2.92. The van der Waals surface area contributed by atoms with Crippen molar-refractivity contribution in [3.05, 3.63) is 0 Å². The normalized spacial score (nSPS) is 25.0. The molecule has 0 spiro atoms. The first-order valence-corrected chi connectivity index (χ1v) is 5.12. The van der Waals surface area contributed by atoms with Crippen molar-refractivity contribution in [3.8, 4) is 0 Å². The van der Waals surface area contributed by atoms with Gasteiger partial charge in [-0.25, -0.2) is 0 Å². The molecule has 0 bridgehead atoms. The third kappa shape index (κ3) is 3.35. The molecule has 0 aromatic rings. The van der Waals surface area contributed by atoms with E-state index >= 15 is 0 Å². The third-order valence-corrected chi connectivity index (χ3v) is 2.77. The van der Waals surface area contributed by atoms with Crippen LogP contribution in [-0.4, -0.2) is 29.9 Å². The summed E-state index contributed by atoms with van der Waals surface area (Å²) in [5, 5.41) is 0. The van der Waals surface area contributed by atoms with Gasteiger partial charge in [0.25, 0.3) is 0 Å². The number of hydrogen-bond acceptors (Lipinski definition) is 2. The Bertz CT molecular complexity index is 180. The number of nitrogens with two attached hydrogens (primary N) is 1. The molecular weight excluding hydrogens is 164 g/mol. The molecule has 0 aliphatic carbocycles. The zero-order valence-corrected chi connectivity index (χ0v) is 8.62. The molecule has 3 heteroatoms. The predicted molar refractivity (Wildman–Crippen MR) is 53.2 cm³/mol. The van der Waals surface area contributed by atoms with Crippen LogP contribution in [0.4, 0.5) is 0 Å². The molecule has 1 aliphatic rings. The van der Waals surface area contributed by atoms with Crippen LogP contribution in [0.15, 0.2) is 0 Å². The maximum atomic E-state index is 10.7. The van der Waals surface area contributed by atoms with Crippen molar-refractivity contribution in [3.63, 3.8) is 0 Å². The quantitative estimate of drug-likeness (QED) is 0.710. The molecule has 0 aromatic heterocycles. The Hall–Kier alpha value is -0.570. The lowest BCUT2D eigenvalue weighted by molar-refractivity contribution is -0.119. The summed E-state index contributed by atoms with van der Waals surface area (Å²) in [6, 6.07) is 0.593. The highest BCUT2D eigenvalue weighted by atomic mass is 16.1. The fraction of sp³-hybridized carbons (Fsp3) is 0.900. The molecule has 13 heavy (non-hydrogen) atoms. The monoisotopic (exact) mass is 184 g/mol. The number of nitrogens with zero attached hydrogens (tertiary/aromatic N) is 1. The van der Waals surface area contributed by atoms with E-state index in [1.807, 2.05) is 0 Å². The molecule has 1 rings (SSSR count). The number of hydrogen-bond donors (Lipinski definition) is 1. The van der Waals surface area contributed by atoms with E-state index in [1.165, 1.54) is 13.0 Å². The van der Waals surface area contributed by atoms with Gasteiger partial charge in [0.1, 0.15) is 0 Å². The van der Waals surface area contributed by atoms with E-state index in [-0.39, 0.29) is 5.91 Å². The van der Waals surface area contributed by atoms with E-state index < -0.39 is 0 Å². The molecule has 0 saturated carbocycles. The lowest BCUT2D eigenvalue weighted by Crippen LogP contribution is -2.40. The summed E-state index contributed by atoms with van der Waals surface area (Å²) in [5.74, 6) is 0.337. The van der Waals surface area contributed by atoms with E-state index in [0.717, 1.165) is 13.0 Å². The second-order valence-electron chi connectivity index (χ2n) is 4.27. The molecule has 76 valence electrons. The van der Waals surface area contributed by atoms with Crippen LogP contribution >= 0.6 is 0 Å². The molecule has 3 nitrogen and oxygen atoms in total. The molecule has 1 fully saturated rings. The van der Waals surface area contributed by atoms with E-state index in [2.05, 4.69) is 18.7 Å². The minimum Gasteiger partial charge on any atom is -0.370 e. The molecular formula is C10H20N2O. The molecule has 1 saturated heterocycles. The first-order chi connectivity index (χ1) is 6.09. The minimum atomic E-state index is -0.157.